The normalized spacial score (nSPS) is 12.4. The fourth-order valence-electron chi connectivity index (χ4n) is 2.02. The van der Waals surface area contributed by atoms with Gasteiger partial charge in [0, 0.05) is 13.1 Å². The quantitative estimate of drug-likeness (QED) is 0.236. The van der Waals surface area contributed by atoms with E-state index in [0.29, 0.717) is 6.54 Å². The van der Waals surface area contributed by atoms with Gasteiger partial charge in [-0.1, -0.05) is 64.3 Å². The predicted molar refractivity (Wildman–Crippen MR) is 95.7 cm³/mol. The monoisotopic (exact) mass is 333 g/mol. The van der Waals surface area contributed by atoms with E-state index in [1.165, 1.54) is 25.3 Å². The van der Waals surface area contributed by atoms with Crippen LogP contribution >= 0.6 is 0 Å². The van der Waals surface area contributed by atoms with Gasteiger partial charge in [0.2, 0.25) is 0 Å². The number of nitrogens with zero attached hydrogens (tertiary/aromatic N) is 1. The van der Waals surface area contributed by atoms with Crippen LogP contribution in [-0.2, 0) is 0 Å². The lowest BCUT2D eigenvalue weighted by Gasteiger charge is -2.21. The second kappa shape index (κ2) is 15.9. The molecule has 0 aliphatic heterocycles. The number of hydrogen-bond donors (Lipinski definition) is 0. The van der Waals surface area contributed by atoms with Gasteiger partial charge in [0.05, 0.1) is 6.42 Å². The van der Waals surface area contributed by atoms with Crippen molar-refractivity contribution in [2.24, 2.45) is 0 Å². The van der Waals surface area contributed by atoms with Gasteiger partial charge in [-0.3, -0.25) is 4.90 Å². The summed E-state index contributed by atoms with van der Waals surface area (Å²) in [5.41, 5.74) is 0.914. The van der Waals surface area contributed by atoms with Crippen LogP contribution in [0.5, 0.6) is 0 Å². The largest absolute Gasteiger partial charge is 0.392 e. The van der Waals surface area contributed by atoms with Crippen LogP contribution in [0.4, 0.5) is 13.2 Å². The molecule has 0 aliphatic carbocycles. The van der Waals surface area contributed by atoms with Crippen LogP contribution in [0.25, 0.3) is 0 Å². The summed E-state index contributed by atoms with van der Waals surface area (Å²) >= 11 is 0. The molecular formula is C19H34F3N. The van der Waals surface area contributed by atoms with Gasteiger partial charge in [-0.05, 0) is 25.5 Å². The number of unbranched alkanes of at least 4 members (excludes halogenated alkanes) is 3. The van der Waals surface area contributed by atoms with Crippen molar-refractivity contribution >= 4 is 0 Å². The molecule has 23 heavy (non-hydrogen) atoms. The summed E-state index contributed by atoms with van der Waals surface area (Å²) in [5, 5.41) is 0. The molecule has 0 saturated heterocycles. The molecule has 0 aliphatic rings. The summed E-state index contributed by atoms with van der Waals surface area (Å²) in [6.45, 7) is 14.2. The minimum atomic E-state index is -4.13. The third kappa shape index (κ3) is 17.2. The van der Waals surface area contributed by atoms with Crippen LogP contribution in [0.15, 0.2) is 36.5 Å². The molecular weight excluding hydrogens is 299 g/mol. The summed E-state index contributed by atoms with van der Waals surface area (Å²) in [6.07, 6.45) is 6.21. The van der Waals surface area contributed by atoms with Crippen molar-refractivity contribution in [3.63, 3.8) is 0 Å². The summed E-state index contributed by atoms with van der Waals surface area (Å²) in [4.78, 5) is 2.22. The zero-order valence-corrected chi connectivity index (χ0v) is 15.3. The standard InChI is InChI=1S/C17H28F3N.C2H6/c1-4-7-8-9-14-21(13-5-2)15-16(6-3)11-10-12-17(18,19)20;1-2/h5-6,10-11H,2,4,7-9,12-15H2,1,3H3;1-2H3/b11-10-,16-6+;. The van der Waals surface area contributed by atoms with Gasteiger partial charge in [-0.25, -0.2) is 0 Å². The molecule has 0 atom stereocenters. The maximum Gasteiger partial charge on any atom is 0.392 e. The molecule has 0 fully saturated rings. The van der Waals surface area contributed by atoms with E-state index < -0.39 is 12.6 Å². The first-order valence-corrected chi connectivity index (χ1v) is 8.64. The number of halogens is 3. The molecule has 0 aromatic heterocycles. The van der Waals surface area contributed by atoms with Crippen LogP contribution in [0, 0.1) is 0 Å². The van der Waals surface area contributed by atoms with E-state index in [4.69, 9.17) is 0 Å². The average Bonchev–Trinajstić information content (AvgIpc) is 2.51. The van der Waals surface area contributed by atoms with Crippen molar-refractivity contribution in [1.82, 2.24) is 4.90 Å². The Bertz CT molecular complexity index is 330. The SMILES string of the molecule is C=CCN(CCCCCC)CC(/C=C\CC(F)(F)F)=C/C.CC. The van der Waals surface area contributed by atoms with Crippen molar-refractivity contribution in [3.05, 3.63) is 36.5 Å². The molecule has 0 radical (unpaired) electrons. The Morgan fingerprint density at radius 2 is 1.78 bits per heavy atom. The highest BCUT2D eigenvalue weighted by Gasteiger charge is 2.24. The summed E-state index contributed by atoms with van der Waals surface area (Å²) in [7, 11) is 0. The van der Waals surface area contributed by atoms with Gasteiger partial charge in [0.1, 0.15) is 0 Å². The Morgan fingerprint density at radius 1 is 1.13 bits per heavy atom. The molecule has 0 bridgehead atoms. The minimum absolute atomic E-state index is 0.670. The highest BCUT2D eigenvalue weighted by molar-refractivity contribution is 5.20. The van der Waals surface area contributed by atoms with Gasteiger partial charge in [-0.15, -0.1) is 6.58 Å². The van der Waals surface area contributed by atoms with Crippen molar-refractivity contribution in [3.8, 4) is 0 Å². The first-order chi connectivity index (χ1) is 10.9. The Kier molecular flexibility index (Phi) is 16.7. The molecule has 0 aromatic carbocycles. The maximum atomic E-state index is 12.1. The third-order valence-electron chi connectivity index (χ3n) is 3.17. The molecule has 0 heterocycles. The molecule has 0 N–H and O–H groups in total. The Morgan fingerprint density at radius 3 is 2.26 bits per heavy atom. The lowest BCUT2D eigenvalue weighted by molar-refractivity contribution is -0.125. The molecule has 0 aromatic rings. The van der Waals surface area contributed by atoms with Crippen LogP contribution in [0.1, 0.15) is 59.8 Å². The lowest BCUT2D eigenvalue weighted by Crippen LogP contribution is -2.27. The third-order valence-corrected chi connectivity index (χ3v) is 3.17. The average molecular weight is 333 g/mol. The molecule has 0 spiro atoms. The summed E-state index contributed by atoms with van der Waals surface area (Å²) < 4.78 is 36.4. The zero-order chi connectivity index (χ0) is 18.1. The predicted octanol–water partition coefficient (Wildman–Crippen LogP) is 6.54. The number of rotatable bonds is 11. The van der Waals surface area contributed by atoms with E-state index in [1.54, 1.807) is 6.08 Å². The van der Waals surface area contributed by atoms with Crippen LogP contribution in [-0.4, -0.2) is 30.7 Å². The van der Waals surface area contributed by atoms with Gasteiger partial charge in [0.15, 0.2) is 0 Å². The summed E-state index contributed by atoms with van der Waals surface area (Å²) in [6, 6.07) is 0. The van der Waals surface area contributed by atoms with Crippen molar-refractivity contribution in [2.75, 3.05) is 19.6 Å². The minimum Gasteiger partial charge on any atom is -0.295 e. The van der Waals surface area contributed by atoms with Crippen LogP contribution in [0.2, 0.25) is 0 Å². The van der Waals surface area contributed by atoms with Gasteiger partial charge < -0.3 is 0 Å². The number of alkyl halides is 3. The topological polar surface area (TPSA) is 3.24 Å². The molecule has 0 unspecified atom stereocenters. The zero-order valence-electron chi connectivity index (χ0n) is 15.3. The fraction of sp³-hybridized carbons (Fsp3) is 0.684. The number of hydrogen-bond acceptors (Lipinski definition) is 1. The molecule has 4 heteroatoms. The van der Waals surface area contributed by atoms with Crippen molar-refractivity contribution in [1.29, 1.82) is 0 Å². The number of allylic oxidation sites excluding steroid dienone is 2. The molecule has 0 rings (SSSR count). The van der Waals surface area contributed by atoms with Gasteiger partial charge in [0.25, 0.3) is 0 Å². The molecule has 0 amide bonds. The van der Waals surface area contributed by atoms with Gasteiger partial charge >= 0.3 is 6.18 Å². The van der Waals surface area contributed by atoms with Crippen molar-refractivity contribution < 1.29 is 13.2 Å². The Hall–Kier alpha value is -1.03. The second-order valence-electron chi connectivity index (χ2n) is 5.17. The lowest BCUT2D eigenvalue weighted by atomic mass is 10.1. The first-order valence-electron chi connectivity index (χ1n) is 8.64. The van der Waals surface area contributed by atoms with E-state index in [9.17, 15) is 13.2 Å². The molecule has 136 valence electrons. The summed E-state index contributed by atoms with van der Waals surface area (Å²) in [5.74, 6) is 0. The van der Waals surface area contributed by atoms with Crippen LogP contribution in [0.3, 0.4) is 0 Å². The van der Waals surface area contributed by atoms with Crippen molar-refractivity contribution in [2.45, 2.75) is 66.0 Å². The fourth-order valence-corrected chi connectivity index (χ4v) is 2.02. The molecule has 1 nitrogen and oxygen atoms in total. The highest BCUT2D eigenvalue weighted by Crippen LogP contribution is 2.20. The first kappa shape index (κ1) is 24.2. The van der Waals surface area contributed by atoms with E-state index in [0.717, 1.165) is 25.1 Å². The van der Waals surface area contributed by atoms with E-state index >= 15 is 0 Å². The Balaban J connectivity index is 0. The smallest absolute Gasteiger partial charge is 0.295 e. The molecule has 0 saturated carbocycles. The van der Waals surface area contributed by atoms with E-state index in [1.807, 2.05) is 32.9 Å². The van der Waals surface area contributed by atoms with Gasteiger partial charge in [-0.2, -0.15) is 13.2 Å². The second-order valence-corrected chi connectivity index (χ2v) is 5.17. The Labute approximate surface area is 141 Å². The maximum absolute atomic E-state index is 12.1. The highest BCUT2D eigenvalue weighted by atomic mass is 19.4. The van der Waals surface area contributed by atoms with E-state index in [2.05, 4.69) is 18.4 Å². The van der Waals surface area contributed by atoms with Crippen LogP contribution < -0.4 is 0 Å². The van der Waals surface area contributed by atoms with E-state index in [-0.39, 0.29) is 0 Å².